The lowest BCUT2D eigenvalue weighted by atomic mass is 10.2. The molecule has 0 fully saturated rings. The molecule has 0 radical (unpaired) electrons. The summed E-state index contributed by atoms with van der Waals surface area (Å²) in [6, 6.07) is 1.49. The highest BCUT2D eigenvalue weighted by Gasteiger charge is 2.18. The lowest BCUT2D eigenvalue weighted by Gasteiger charge is -2.02. The van der Waals surface area contributed by atoms with Crippen LogP contribution in [0.4, 0.5) is 5.82 Å². The molecular weight excluding hydrogens is 280 g/mol. The molecule has 7 heteroatoms. The number of nitrogens with zero attached hydrogens (tertiary/aromatic N) is 2. The van der Waals surface area contributed by atoms with Gasteiger partial charge in [0.05, 0.1) is 23.1 Å². The molecule has 16 heavy (non-hydrogen) atoms. The van der Waals surface area contributed by atoms with Gasteiger partial charge in [0.1, 0.15) is 0 Å². The molecule has 1 aromatic rings. The van der Waals surface area contributed by atoms with Gasteiger partial charge in [0.25, 0.3) is 0 Å². The second-order valence-electron chi connectivity index (χ2n) is 2.88. The van der Waals surface area contributed by atoms with Gasteiger partial charge in [-0.1, -0.05) is 0 Å². The first kappa shape index (κ1) is 12.6. The van der Waals surface area contributed by atoms with Gasteiger partial charge < -0.3 is 14.9 Å². The van der Waals surface area contributed by atoms with Crippen LogP contribution in [0.5, 0.6) is 0 Å². The molecule has 0 aliphatic carbocycles. The molecule has 0 aromatic carbocycles. The highest BCUT2D eigenvalue weighted by molar-refractivity contribution is 9.10. The fourth-order valence-corrected chi connectivity index (χ4v) is 1.51. The Balaban J connectivity index is 2.96. The smallest absolute Gasteiger partial charge is 0.367 e. The second-order valence-corrected chi connectivity index (χ2v) is 3.79. The summed E-state index contributed by atoms with van der Waals surface area (Å²) in [6.07, 6.45) is 1.16. The first-order chi connectivity index (χ1) is 7.54. The van der Waals surface area contributed by atoms with Crippen LogP contribution in [0.15, 0.2) is 16.7 Å². The van der Waals surface area contributed by atoms with Gasteiger partial charge in [0.2, 0.25) is 0 Å². The van der Waals surface area contributed by atoms with E-state index in [1.54, 1.807) is 6.92 Å². The van der Waals surface area contributed by atoms with E-state index in [1.807, 2.05) is 0 Å². The van der Waals surface area contributed by atoms with Crippen LogP contribution in [0.2, 0.25) is 0 Å². The van der Waals surface area contributed by atoms with Crippen molar-refractivity contribution in [3.8, 4) is 0 Å². The third-order valence-electron chi connectivity index (χ3n) is 1.72. The van der Waals surface area contributed by atoms with E-state index in [1.165, 1.54) is 12.3 Å². The molecule has 0 saturated carbocycles. The molecule has 1 rings (SSSR count). The zero-order valence-electron chi connectivity index (χ0n) is 8.47. The van der Waals surface area contributed by atoms with Gasteiger partial charge in [-0.15, -0.1) is 0 Å². The number of ether oxygens (including phenoxy) is 1. The summed E-state index contributed by atoms with van der Waals surface area (Å²) >= 11 is 3.14. The minimum Gasteiger partial charge on any atom is -0.466 e. The van der Waals surface area contributed by atoms with Crippen LogP contribution in [0.3, 0.4) is 0 Å². The van der Waals surface area contributed by atoms with Crippen molar-refractivity contribution < 1.29 is 14.5 Å². The number of carbonyl (C=O) groups excluding carboxylic acids is 1. The number of carbonyl (C=O) groups is 1. The molecule has 0 atom stereocenters. The number of pyridine rings is 1. The van der Waals surface area contributed by atoms with Gasteiger partial charge >= 0.3 is 11.8 Å². The Bertz CT molecular complexity index is 422. The molecule has 0 unspecified atom stereocenters. The zero-order valence-corrected chi connectivity index (χ0v) is 10.1. The average molecular weight is 289 g/mol. The quantitative estimate of drug-likeness (QED) is 0.480. The first-order valence-electron chi connectivity index (χ1n) is 4.49. The summed E-state index contributed by atoms with van der Waals surface area (Å²) in [5.41, 5.74) is 0.234. The van der Waals surface area contributed by atoms with E-state index in [9.17, 15) is 14.9 Å². The number of hydrogen-bond donors (Lipinski definition) is 0. The monoisotopic (exact) mass is 288 g/mol. The topological polar surface area (TPSA) is 82.3 Å². The van der Waals surface area contributed by atoms with Crippen molar-refractivity contribution in [1.82, 2.24) is 4.98 Å². The Hall–Kier alpha value is -1.50. The Kier molecular flexibility index (Phi) is 4.36. The lowest BCUT2D eigenvalue weighted by molar-refractivity contribution is -0.390. The Morgan fingerprint density at radius 1 is 1.69 bits per heavy atom. The number of halogens is 1. The molecule has 0 aliphatic heterocycles. The summed E-state index contributed by atoms with van der Waals surface area (Å²) in [4.78, 5) is 24.9. The third-order valence-corrected chi connectivity index (χ3v) is 2.16. The number of nitro groups is 1. The first-order valence-corrected chi connectivity index (χ1v) is 5.28. The molecule has 0 spiro atoms. The number of esters is 1. The fourth-order valence-electron chi connectivity index (χ4n) is 1.14. The summed E-state index contributed by atoms with van der Waals surface area (Å²) in [5, 5.41) is 10.6. The number of aromatic nitrogens is 1. The van der Waals surface area contributed by atoms with Crippen LogP contribution >= 0.6 is 15.9 Å². The molecule has 0 bridgehead atoms. The summed E-state index contributed by atoms with van der Waals surface area (Å²) in [7, 11) is 0. The molecule has 0 N–H and O–H groups in total. The highest BCUT2D eigenvalue weighted by atomic mass is 79.9. The summed E-state index contributed by atoms with van der Waals surface area (Å²) in [6.45, 7) is 1.92. The maximum Gasteiger partial charge on any atom is 0.367 e. The van der Waals surface area contributed by atoms with Crippen LogP contribution in [-0.2, 0) is 16.0 Å². The van der Waals surface area contributed by atoms with Crippen molar-refractivity contribution in [1.29, 1.82) is 0 Å². The van der Waals surface area contributed by atoms with E-state index in [2.05, 4.69) is 20.9 Å². The predicted molar refractivity (Wildman–Crippen MR) is 58.9 cm³/mol. The Morgan fingerprint density at radius 3 is 2.94 bits per heavy atom. The van der Waals surface area contributed by atoms with Gasteiger partial charge in [0.15, 0.2) is 6.20 Å². The van der Waals surface area contributed by atoms with Gasteiger partial charge in [-0.3, -0.25) is 4.79 Å². The predicted octanol–water partition coefficient (Wildman–Crippen LogP) is 1.86. The summed E-state index contributed by atoms with van der Waals surface area (Å²) < 4.78 is 5.30. The number of hydrogen-bond acceptors (Lipinski definition) is 5. The van der Waals surface area contributed by atoms with E-state index in [0.717, 1.165) is 0 Å². The van der Waals surface area contributed by atoms with Gasteiger partial charge in [-0.25, -0.2) is 0 Å². The maximum atomic E-state index is 11.2. The van der Waals surface area contributed by atoms with Gasteiger partial charge in [-0.2, -0.15) is 0 Å². The van der Waals surface area contributed by atoms with Crippen LogP contribution < -0.4 is 0 Å². The van der Waals surface area contributed by atoms with E-state index in [4.69, 9.17) is 4.74 Å². The van der Waals surface area contributed by atoms with E-state index >= 15 is 0 Å². The highest BCUT2D eigenvalue weighted by Crippen LogP contribution is 2.20. The zero-order chi connectivity index (χ0) is 12.1. The van der Waals surface area contributed by atoms with Crippen LogP contribution in [0, 0.1) is 10.1 Å². The van der Waals surface area contributed by atoms with Gasteiger partial charge in [-0.05, 0) is 38.8 Å². The molecule has 1 heterocycles. The molecule has 86 valence electrons. The lowest BCUT2D eigenvalue weighted by Crippen LogP contribution is -2.10. The second kappa shape index (κ2) is 5.55. The standard InChI is InChI=1S/C9H9BrN2O4/c1-2-16-8(13)4-6-3-7(10)5-11-9(6)12(14)15/h3,5H,2,4H2,1H3. The van der Waals surface area contributed by atoms with Crippen molar-refractivity contribution in [2.45, 2.75) is 13.3 Å². The van der Waals surface area contributed by atoms with Crippen molar-refractivity contribution >= 4 is 27.7 Å². The molecule has 0 aliphatic rings. The Morgan fingerprint density at radius 2 is 2.38 bits per heavy atom. The van der Waals surface area contributed by atoms with Crippen molar-refractivity contribution in [3.63, 3.8) is 0 Å². The van der Waals surface area contributed by atoms with Gasteiger partial charge in [0, 0.05) is 0 Å². The minimum atomic E-state index is -0.624. The molecule has 6 nitrogen and oxygen atoms in total. The molecule has 1 aromatic heterocycles. The van der Waals surface area contributed by atoms with Crippen LogP contribution in [0.1, 0.15) is 12.5 Å². The van der Waals surface area contributed by atoms with E-state index in [0.29, 0.717) is 4.47 Å². The SMILES string of the molecule is CCOC(=O)Cc1cc(Br)cnc1[N+](=O)[O-]. The van der Waals surface area contributed by atoms with E-state index < -0.39 is 10.9 Å². The van der Waals surface area contributed by atoms with Crippen LogP contribution in [0.25, 0.3) is 0 Å². The fraction of sp³-hybridized carbons (Fsp3) is 0.333. The number of rotatable bonds is 4. The average Bonchev–Trinajstić information content (AvgIpc) is 2.17. The van der Waals surface area contributed by atoms with Crippen molar-refractivity contribution in [2.75, 3.05) is 6.61 Å². The normalized spacial score (nSPS) is 9.88. The Labute approximate surface area is 99.9 Å². The molecular formula is C9H9BrN2O4. The largest absolute Gasteiger partial charge is 0.466 e. The molecule has 0 amide bonds. The maximum absolute atomic E-state index is 11.2. The minimum absolute atomic E-state index is 0.156. The summed E-state index contributed by atoms with van der Waals surface area (Å²) in [5.74, 6) is -0.832. The van der Waals surface area contributed by atoms with E-state index in [-0.39, 0.29) is 24.4 Å². The third kappa shape index (κ3) is 3.27. The van der Waals surface area contributed by atoms with Crippen LogP contribution in [-0.4, -0.2) is 22.5 Å². The van der Waals surface area contributed by atoms with Crippen molar-refractivity contribution in [3.05, 3.63) is 32.4 Å². The van der Waals surface area contributed by atoms with Crippen molar-refractivity contribution in [2.24, 2.45) is 0 Å². The molecule has 0 saturated heterocycles.